The molecule has 0 saturated carbocycles. The quantitative estimate of drug-likeness (QED) is 0.413. The molecule has 0 amide bonds. The number of benzene rings is 1. The molecule has 0 aliphatic carbocycles. The van der Waals surface area contributed by atoms with Crippen LogP contribution < -0.4 is 5.32 Å². The molecule has 32 heavy (non-hydrogen) atoms. The minimum Gasteiger partial charge on any atom is -0.369 e. The molecule has 0 aliphatic heterocycles. The van der Waals surface area contributed by atoms with Gasteiger partial charge in [-0.1, -0.05) is 24.3 Å². The van der Waals surface area contributed by atoms with E-state index in [1.165, 1.54) is 23.0 Å². The molecule has 0 aliphatic rings. The third kappa shape index (κ3) is 4.30. The third-order valence-corrected chi connectivity index (χ3v) is 5.40. The van der Waals surface area contributed by atoms with Crippen molar-refractivity contribution >= 4 is 16.6 Å². The largest absolute Gasteiger partial charge is 0.369 e. The summed E-state index contributed by atoms with van der Waals surface area (Å²) in [6.45, 7) is 2.80. The standard InChI is InChI=1S/C26H22N6/c1-18-12-21(7-10-29-18)20-4-2-19(3-5-20)6-9-30-26-24-16-32-25(13-22(24)8-11-31-26)23-14-27-17-28-15-23/h2-5,7-8,10-17H,6,9H2,1H3,(H,30,31). The van der Waals surface area contributed by atoms with Crippen LogP contribution in [0.3, 0.4) is 0 Å². The molecule has 0 atom stereocenters. The number of hydrogen-bond acceptors (Lipinski definition) is 6. The highest BCUT2D eigenvalue weighted by molar-refractivity contribution is 5.93. The first kappa shape index (κ1) is 19.8. The van der Waals surface area contributed by atoms with Gasteiger partial charge in [0.05, 0.1) is 5.69 Å². The van der Waals surface area contributed by atoms with E-state index in [-0.39, 0.29) is 0 Å². The lowest BCUT2D eigenvalue weighted by Gasteiger charge is -2.10. The van der Waals surface area contributed by atoms with Gasteiger partial charge in [0.25, 0.3) is 0 Å². The maximum Gasteiger partial charge on any atom is 0.135 e. The summed E-state index contributed by atoms with van der Waals surface area (Å²) in [5.41, 5.74) is 6.43. The number of hydrogen-bond donors (Lipinski definition) is 1. The van der Waals surface area contributed by atoms with Crippen LogP contribution in [0.25, 0.3) is 33.2 Å². The number of aryl methyl sites for hydroxylation is 1. The van der Waals surface area contributed by atoms with Crippen molar-refractivity contribution in [2.45, 2.75) is 13.3 Å². The minimum atomic E-state index is 0.786. The Morgan fingerprint density at radius 1 is 0.750 bits per heavy atom. The molecular formula is C26H22N6. The molecule has 1 N–H and O–H groups in total. The Balaban J connectivity index is 1.27. The van der Waals surface area contributed by atoms with Crippen molar-refractivity contribution in [3.63, 3.8) is 0 Å². The van der Waals surface area contributed by atoms with Crippen LogP contribution in [0.15, 0.2) is 85.8 Å². The SMILES string of the molecule is Cc1cc(-c2ccc(CCNc3nccc4cc(-c5cncnc5)ncc34)cc2)ccn1. The maximum atomic E-state index is 4.58. The van der Waals surface area contributed by atoms with E-state index in [2.05, 4.69) is 60.6 Å². The molecule has 1 aromatic carbocycles. The fraction of sp³-hybridized carbons (Fsp3) is 0.115. The van der Waals surface area contributed by atoms with Crippen molar-refractivity contribution in [2.75, 3.05) is 11.9 Å². The van der Waals surface area contributed by atoms with E-state index in [1.54, 1.807) is 12.4 Å². The van der Waals surface area contributed by atoms with E-state index >= 15 is 0 Å². The first-order chi connectivity index (χ1) is 15.8. The minimum absolute atomic E-state index is 0.786. The number of aromatic nitrogens is 5. The molecule has 0 spiro atoms. The summed E-state index contributed by atoms with van der Waals surface area (Å²) in [5.74, 6) is 0.842. The summed E-state index contributed by atoms with van der Waals surface area (Å²) in [6.07, 6.45) is 11.5. The monoisotopic (exact) mass is 418 g/mol. The molecule has 0 unspecified atom stereocenters. The molecule has 0 saturated heterocycles. The van der Waals surface area contributed by atoms with Gasteiger partial charge in [0, 0.05) is 54.2 Å². The second-order valence-corrected chi connectivity index (χ2v) is 7.64. The Labute approximate surface area is 186 Å². The van der Waals surface area contributed by atoms with Crippen molar-refractivity contribution in [2.24, 2.45) is 0 Å². The number of nitrogens with one attached hydrogen (secondary N) is 1. The second kappa shape index (κ2) is 8.89. The molecule has 156 valence electrons. The van der Waals surface area contributed by atoms with Gasteiger partial charge in [0.15, 0.2) is 0 Å². The van der Waals surface area contributed by atoms with E-state index in [0.717, 1.165) is 46.5 Å². The molecule has 0 fully saturated rings. The van der Waals surface area contributed by atoms with Gasteiger partial charge in [-0.2, -0.15) is 0 Å². The summed E-state index contributed by atoms with van der Waals surface area (Å²) >= 11 is 0. The zero-order valence-electron chi connectivity index (χ0n) is 17.7. The number of pyridine rings is 3. The van der Waals surface area contributed by atoms with Crippen LogP contribution in [-0.2, 0) is 6.42 Å². The van der Waals surface area contributed by atoms with Gasteiger partial charge in [0.2, 0.25) is 0 Å². The molecule has 5 rings (SSSR count). The van der Waals surface area contributed by atoms with E-state index in [9.17, 15) is 0 Å². The molecule has 6 nitrogen and oxygen atoms in total. The van der Waals surface area contributed by atoms with Gasteiger partial charge in [-0.3, -0.25) is 9.97 Å². The Kier molecular flexibility index (Phi) is 5.49. The number of rotatable bonds is 6. The smallest absolute Gasteiger partial charge is 0.135 e. The highest BCUT2D eigenvalue weighted by atomic mass is 15.0. The summed E-state index contributed by atoms with van der Waals surface area (Å²) in [5, 5.41) is 5.54. The van der Waals surface area contributed by atoms with E-state index < -0.39 is 0 Å². The van der Waals surface area contributed by atoms with Gasteiger partial charge in [-0.05, 0) is 59.7 Å². The fourth-order valence-electron chi connectivity index (χ4n) is 3.71. The summed E-state index contributed by atoms with van der Waals surface area (Å²) < 4.78 is 0. The van der Waals surface area contributed by atoms with E-state index in [4.69, 9.17) is 0 Å². The molecule has 6 heteroatoms. The molecule has 4 heterocycles. The Hall–Kier alpha value is -4.19. The Morgan fingerprint density at radius 2 is 1.56 bits per heavy atom. The fourth-order valence-corrected chi connectivity index (χ4v) is 3.71. The molecule has 0 radical (unpaired) electrons. The Bertz CT molecular complexity index is 1350. The molecule has 5 aromatic rings. The predicted octanol–water partition coefficient (Wildman–Crippen LogP) is 5.11. The van der Waals surface area contributed by atoms with Gasteiger partial charge in [-0.15, -0.1) is 0 Å². The van der Waals surface area contributed by atoms with Crippen molar-refractivity contribution < 1.29 is 0 Å². The van der Waals surface area contributed by atoms with Gasteiger partial charge in [0.1, 0.15) is 12.1 Å². The number of nitrogens with zero attached hydrogens (tertiary/aromatic N) is 5. The zero-order valence-corrected chi connectivity index (χ0v) is 17.7. The normalized spacial score (nSPS) is 10.9. The lowest BCUT2D eigenvalue weighted by Crippen LogP contribution is -2.06. The van der Waals surface area contributed by atoms with Crippen molar-refractivity contribution in [1.82, 2.24) is 24.9 Å². The van der Waals surface area contributed by atoms with Crippen LogP contribution in [-0.4, -0.2) is 31.5 Å². The first-order valence-electron chi connectivity index (χ1n) is 10.5. The van der Waals surface area contributed by atoms with Crippen molar-refractivity contribution in [3.8, 4) is 22.4 Å². The summed E-state index contributed by atoms with van der Waals surface area (Å²) in [4.78, 5) is 21.5. The average Bonchev–Trinajstić information content (AvgIpc) is 2.85. The number of fused-ring (bicyclic) bond motifs is 1. The van der Waals surface area contributed by atoms with E-state index in [1.807, 2.05) is 43.7 Å². The lowest BCUT2D eigenvalue weighted by atomic mass is 10.0. The zero-order chi connectivity index (χ0) is 21.8. The van der Waals surface area contributed by atoms with Crippen LogP contribution in [0.5, 0.6) is 0 Å². The van der Waals surface area contributed by atoms with Gasteiger partial charge >= 0.3 is 0 Å². The highest BCUT2D eigenvalue weighted by Gasteiger charge is 2.07. The Morgan fingerprint density at radius 3 is 2.38 bits per heavy atom. The summed E-state index contributed by atoms with van der Waals surface area (Å²) in [7, 11) is 0. The maximum absolute atomic E-state index is 4.58. The van der Waals surface area contributed by atoms with Crippen molar-refractivity contribution in [3.05, 3.63) is 97.1 Å². The first-order valence-corrected chi connectivity index (χ1v) is 10.5. The van der Waals surface area contributed by atoms with Gasteiger partial charge in [-0.25, -0.2) is 15.0 Å². The molecular weight excluding hydrogens is 396 g/mol. The van der Waals surface area contributed by atoms with Crippen LogP contribution >= 0.6 is 0 Å². The molecule has 4 aromatic heterocycles. The van der Waals surface area contributed by atoms with Crippen LogP contribution in [0.2, 0.25) is 0 Å². The van der Waals surface area contributed by atoms with Crippen molar-refractivity contribution in [1.29, 1.82) is 0 Å². The number of anilines is 1. The van der Waals surface area contributed by atoms with E-state index in [0.29, 0.717) is 0 Å². The third-order valence-electron chi connectivity index (χ3n) is 5.40. The van der Waals surface area contributed by atoms with Crippen LogP contribution in [0.4, 0.5) is 5.82 Å². The topological polar surface area (TPSA) is 76.5 Å². The lowest BCUT2D eigenvalue weighted by molar-refractivity contribution is 1.01. The predicted molar refractivity (Wildman–Crippen MR) is 127 cm³/mol. The second-order valence-electron chi connectivity index (χ2n) is 7.64. The molecule has 0 bridgehead atoms. The highest BCUT2D eigenvalue weighted by Crippen LogP contribution is 2.25. The van der Waals surface area contributed by atoms with Gasteiger partial charge < -0.3 is 5.32 Å². The summed E-state index contributed by atoms with van der Waals surface area (Å²) in [6, 6.07) is 16.9. The van der Waals surface area contributed by atoms with Crippen LogP contribution in [0.1, 0.15) is 11.3 Å². The van der Waals surface area contributed by atoms with Crippen LogP contribution in [0, 0.1) is 6.92 Å². The average molecular weight is 419 g/mol.